The second-order valence-corrected chi connectivity index (χ2v) is 9.96. The van der Waals surface area contributed by atoms with Crippen molar-refractivity contribution >= 4 is 23.9 Å². The summed E-state index contributed by atoms with van der Waals surface area (Å²) >= 11 is 0. The minimum Gasteiger partial charge on any atom is -0.481 e. The minimum atomic E-state index is -0.778. The molecule has 0 aromatic rings. The van der Waals surface area contributed by atoms with Crippen molar-refractivity contribution in [3.8, 4) is 0 Å². The molecular weight excluding hydrogens is 440 g/mol. The van der Waals surface area contributed by atoms with Gasteiger partial charge in [-0.15, -0.1) is 0 Å². The average Bonchev–Trinajstić information content (AvgIpc) is 2.77. The van der Waals surface area contributed by atoms with Gasteiger partial charge in [-0.2, -0.15) is 0 Å². The van der Waals surface area contributed by atoms with Crippen LogP contribution in [0.25, 0.3) is 0 Å². The van der Waals surface area contributed by atoms with Crippen LogP contribution >= 0.6 is 0 Å². The Morgan fingerprint density at radius 1 is 0.500 bits per heavy atom. The Balaban J connectivity index is 2.34. The number of hydrogen-bond acceptors (Lipinski definition) is 4. The van der Waals surface area contributed by atoms with E-state index in [0.29, 0.717) is 25.7 Å². The lowest BCUT2D eigenvalue weighted by Crippen LogP contribution is -2.32. The molecule has 2 unspecified atom stereocenters. The smallest absolute Gasteiger partial charge is 0.306 e. The first-order valence-electron chi connectivity index (χ1n) is 13.1. The highest BCUT2D eigenvalue weighted by Gasteiger charge is 2.36. The van der Waals surface area contributed by atoms with E-state index in [1.165, 1.54) is 0 Å². The standard InChI is InChI=1S/C26H44O8/c27-23(28)13-9-5-1-3-7-11-21(25(31)32)19-15-17-20(18-16-19)22(26(33)34)12-8-4-2-6-10-14-24(29)30/h19-22H,1-18H2,(H,27,28)(H,29,30)(H,31,32)(H,33,34). The Kier molecular flexibility index (Phi) is 15.3. The Morgan fingerprint density at radius 2 is 0.794 bits per heavy atom. The molecule has 0 heterocycles. The lowest BCUT2D eigenvalue weighted by molar-refractivity contribution is -0.147. The molecule has 4 N–H and O–H groups in total. The topological polar surface area (TPSA) is 149 Å². The maximum Gasteiger partial charge on any atom is 0.306 e. The van der Waals surface area contributed by atoms with Crippen LogP contribution in [0, 0.1) is 23.7 Å². The van der Waals surface area contributed by atoms with E-state index in [-0.39, 0.29) is 36.5 Å². The van der Waals surface area contributed by atoms with Gasteiger partial charge in [0.1, 0.15) is 0 Å². The van der Waals surface area contributed by atoms with Gasteiger partial charge in [0.15, 0.2) is 0 Å². The first-order valence-corrected chi connectivity index (χ1v) is 13.1. The molecule has 0 spiro atoms. The normalized spacial score (nSPS) is 19.9. The third kappa shape index (κ3) is 12.9. The summed E-state index contributed by atoms with van der Waals surface area (Å²) in [5.74, 6) is -3.63. The van der Waals surface area contributed by atoms with E-state index in [2.05, 4.69) is 0 Å². The van der Waals surface area contributed by atoms with Gasteiger partial charge >= 0.3 is 23.9 Å². The number of aliphatic carboxylic acids is 4. The number of unbranched alkanes of at least 4 members (excludes halogenated alkanes) is 8. The zero-order valence-electron chi connectivity index (χ0n) is 20.5. The van der Waals surface area contributed by atoms with E-state index in [9.17, 15) is 29.4 Å². The van der Waals surface area contributed by atoms with E-state index < -0.39 is 23.9 Å². The molecule has 0 amide bonds. The first kappa shape index (κ1) is 29.9. The van der Waals surface area contributed by atoms with E-state index in [0.717, 1.165) is 77.0 Å². The molecule has 2 atom stereocenters. The van der Waals surface area contributed by atoms with Crippen molar-refractivity contribution in [2.75, 3.05) is 0 Å². The summed E-state index contributed by atoms with van der Waals surface area (Å²) in [6.07, 6.45) is 13.1. The van der Waals surface area contributed by atoms with Gasteiger partial charge < -0.3 is 20.4 Å². The molecule has 196 valence electrons. The zero-order valence-corrected chi connectivity index (χ0v) is 20.5. The lowest BCUT2D eigenvalue weighted by Gasteiger charge is -2.34. The Morgan fingerprint density at radius 3 is 1.09 bits per heavy atom. The molecule has 34 heavy (non-hydrogen) atoms. The van der Waals surface area contributed by atoms with Gasteiger partial charge in [0.05, 0.1) is 11.8 Å². The summed E-state index contributed by atoms with van der Waals surface area (Å²) in [6.45, 7) is 0. The molecule has 1 rings (SSSR count). The molecule has 0 aromatic heterocycles. The summed E-state index contributed by atoms with van der Waals surface area (Å²) in [6, 6.07) is 0. The van der Waals surface area contributed by atoms with Crippen molar-refractivity contribution in [3.05, 3.63) is 0 Å². The van der Waals surface area contributed by atoms with Gasteiger partial charge in [-0.25, -0.2) is 0 Å². The van der Waals surface area contributed by atoms with Crippen molar-refractivity contribution < 1.29 is 39.6 Å². The van der Waals surface area contributed by atoms with Crippen molar-refractivity contribution in [1.82, 2.24) is 0 Å². The summed E-state index contributed by atoms with van der Waals surface area (Å²) in [7, 11) is 0. The van der Waals surface area contributed by atoms with Crippen LogP contribution in [0.1, 0.15) is 116 Å². The van der Waals surface area contributed by atoms with Crippen LogP contribution in [0.4, 0.5) is 0 Å². The maximum absolute atomic E-state index is 11.9. The highest BCUT2D eigenvalue weighted by atomic mass is 16.4. The SMILES string of the molecule is O=C(O)CCCCCCCC(C(=O)O)C1CCC(C(CCCCCCCC(=O)O)C(=O)O)CC1. The monoisotopic (exact) mass is 484 g/mol. The fraction of sp³-hybridized carbons (Fsp3) is 0.846. The molecule has 0 radical (unpaired) electrons. The molecule has 1 fully saturated rings. The van der Waals surface area contributed by atoms with Gasteiger partial charge in [0, 0.05) is 12.8 Å². The van der Waals surface area contributed by atoms with Gasteiger partial charge in [-0.3, -0.25) is 19.2 Å². The molecule has 8 heteroatoms. The molecule has 8 nitrogen and oxygen atoms in total. The van der Waals surface area contributed by atoms with Crippen LogP contribution in [0.15, 0.2) is 0 Å². The maximum atomic E-state index is 11.9. The van der Waals surface area contributed by atoms with Crippen LogP contribution < -0.4 is 0 Å². The number of carboxylic acids is 4. The minimum absolute atomic E-state index is 0.101. The van der Waals surface area contributed by atoms with E-state index in [1.807, 2.05) is 0 Å². The number of hydrogen-bond donors (Lipinski definition) is 4. The van der Waals surface area contributed by atoms with Gasteiger partial charge in [-0.1, -0.05) is 51.4 Å². The summed E-state index contributed by atoms with van der Waals surface area (Å²) in [4.78, 5) is 44.8. The Hall–Kier alpha value is -2.12. The third-order valence-corrected chi connectivity index (χ3v) is 7.40. The summed E-state index contributed by atoms with van der Waals surface area (Å²) in [5.41, 5.74) is 0. The predicted octanol–water partition coefficient (Wildman–Crippen LogP) is 5.83. The first-order chi connectivity index (χ1) is 16.2. The molecule has 1 aliphatic carbocycles. The lowest BCUT2D eigenvalue weighted by atomic mass is 9.70. The molecule has 0 saturated heterocycles. The fourth-order valence-corrected chi connectivity index (χ4v) is 5.41. The highest BCUT2D eigenvalue weighted by Crippen LogP contribution is 2.40. The van der Waals surface area contributed by atoms with Crippen molar-refractivity contribution in [1.29, 1.82) is 0 Å². The molecule has 1 saturated carbocycles. The fourth-order valence-electron chi connectivity index (χ4n) is 5.41. The second kappa shape index (κ2) is 17.3. The quantitative estimate of drug-likeness (QED) is 0.158. The van der Waals surface area contributed by atoms with Crippen molar-refractivity contribution in [2.45, 2.75) is 116 Å². The van der Waals surface area contributed by atoms with Gasteiger partial charge in [-0.05, 0) is 63.2 Å². The van der Waals surface area contributed by atoms with E-state index in [4.69, 9.17) is 10.2 Å². The largest absolute Gasteiger partial charge is 0.481 e. The van der Waals surface area contributed by atoms with Crippen molar-refractivity contribution in [3.63, 3.8) is 0 Å². The molecule has 0 aliphatic heterocycles. The van der Waals surface area contributed by atoms with Crippen LogP contribution in [0.3, 0.4) is 0 Å². The van der Waals surface area contributed by atoms with Crippen LogP contribution in [0.2, 0.25) is 0 Å². The Bertz CT molecular complexity index is 570. The second-order valence-electron chi connectivity index (χ2n) is 9.96. The molecular formula is C26H44O8. The summed E-state index contributed by atoms with van der Waals surface area (Å²) in [5, 5.41) is 36.8. The van der Waals surface area contributed by atoms with Gasteiger partial charge in [0.25, 0.3) is 0 Å². The van der Waals surface area contributed by atoms with Crippen LogP contribution in [0.5, 0.6) is 0 Å². The van der Waals surface area contributed by atoms with Gasteiger partial charge in [0.2, 0.25) is 0 Å². The predicted molar refractivity (Wildman–Crippen MR) is 128 cm³/mol. The number of carboxylic acid groups (broad SMARTS) is 4. The Labute approximate surface area is 203 Å². The molecule has 1 aliphatic rings. The highest BCUT2D eigenvalue weighted by molar-refractivity contribution is 5.71. The molecule has 0 aromatic carbocycles. The van der Waals surface area contributed by atoms with Crippen LogP contribution in [-0.2, 0) is 19.2 Å². The molecule has 0 bridgehead atoms. The van der Waals surface area contributed by atoms with Crippen molar-refractivity contribution in [2.24, 2.45) is 23.7 Å². The number of carbonyl (C=O) groups is 4. The number of rotatable bonds is 20. The summed E-state index contributed by atoms with van der Waals surface area (Å²) < 4.78 is 0. The van der Waals surface area contributed by atoms with E-state index >= 15 is 0 Å². The van der Waals surface area contributed by atoms with E-state index in [1.54, 1.807) is 0 Å². The third-order valence-electron chi connectivity index (χ3n) is 7.40. The van der Waals surface area contributed by atoms with Crippen LogP contribution in [-0.4, -0.2) is 44.3 Å². The average molecular weight is 485 g/mol. The zero-order chi connectivity index (χ0) is 25.3.